The van der Waals surface area contributed by atoms with Gasteiger partial charge in [-0.25, -0.2) is 0 Å². The van der Waals surface area contributed by atoms with Gasteiger partial charge in [0.25, 0.3) is 0 Å². The second kappa shape index (κ2) is 8.10. The standard InChI is InChI=1S/C21H19ClN4O/c22-20-6-8-21(9-7-20)27-11-10-25-15-18(12-23-25)19-13-24-26(16-19)14-17-4-2-1-3-5-17/h1-9,12-13,15-16H,10-11,14H2. The van der Waals surface area contributed by atoms with Crippen molar-refractivity contribution in [3.8, 4) is 16.9 Å². The highest BCUT2D eigenvalue weighted by atomic mass is 35.5. The van der Waals surface area contributed by atoms with Crippen LogP contribution in [0.4, 0.5) is 0 Å². The molecule has 2 aromatic heterocycles. The molecule has 0 aliphatic carbocycles. The Morgan fingerprint density at radius 1 is 0.815 bits per heavy atom. The van der Waals surface area contributed by atoms with Crippen molar-refractivity contribution in [3.05, 3.63) is 90.0 Å². The van der Waals surface area contributed by atoms with Gasteiger partial charge in [0.1, 0.15) is 12.4 Å². The largest absolute Gasteiger partial charge is 0.492 e. The molecule has 0 aliphatic heterocycles. The molecule has 0 radical (unpaired) electrons. The van der Waals surface area contributed by atoms with Crippen LogP contribution in [0.25, 0.3) is 11.1 Å². The first-order valence-electron chi connectivity index (χ1n) is 8.74. The number of nitrogens with zero attached hydrogens (tertiary/aromatic N) is 4. The molecule has 0 unspecified atom stereocenters. The zero-order valence-corrected chi connectivity index (χ0v) is 15.5. The number of aromatic nitrogens is 4. The minimum atomic E-state index is 0.538. The Labute approximate surface area is 162 Å². The number of rotatable bonds is 7. The maximum atomic E-state index is 5.87. The van der Waals surface area contributed by atoms with E-state index in [1.54, 1.807) is 0 Å². The predicted molar refractivity (Wildman–Crippen MR) is 106 cm³/mol. The molecule has 0 amide bonds. The molecule has 0 bridgehead atoms. The Kier molecular flexibility index (Phi) is 5.21. The van der Waals surface area contributed by atoms with Crippen LogP contribution in [0.5, 0.6) is 5.75 Å². The van der Waals surface area contributed by atoms with Crippen molar-refractivity contribution < 1.29 is 4.74 Å². The minimum absolute atomic E-state index is 0.538. The Balaban J connectivity index is 1.34. The fourth-order valence-electron chi connectivity index (χ4n) is 2.79. The summed E-state index contributed by atoms with van der Waals surface area (Å²) in [4.78, 5) is 0. The molecule has 5 nitrogen and oxygen atoms in total. The molecule has 0 saturated heterocycles. The summed E-state index contributed by atoms with van der Waals surface area (Å²) in [5.41, 5.74) is 3.32. The van der Waals surface area contributed by atoms with Crippen molar-refractivity contribution in [2.75, 3.05) is 6.61 Å². The number of ether oxygens (including phenoxy) is 1. The minimum Gasteiger partial charge on any atom is -0.492 e. The normalized spacial score (nSPS) is 10.9. The van der Waals surface area contributed by atoms with E-state index in [2.05, 4.69) is 22.3 Å². The summed E-state index contributed by atoms with van der Waals surface area (Å²) in [7, 11) is 0. The fourth-order valence-corrected chi connectivity index (χ4v) is 2.92. The summed E-state index contributed by atoms with van der Waals surface area (Å²) in [6, 6.07) is 17.6. The Morgan fingerprint density at radius 2 is 1.48 bits per heavy atom. The third kappa shape index (κ3) is 4.57. The molecular weight excluding hydrogens is 360 g/mol. The third-order valence-corrected chi connectivity index (χ3v) is 4.44. The molecule has 0 fully saturated rings. The van der Waals surface area contributed by atoms with E-state index in [-0.39, 0.29) is 0 Å². The first-order valence-corrected chi connectivity index (χ1v) is 9.12. The van der Waals surface area contributed by atoms with Gasteiger partial charge in [-0.15, -0.1) is 0 Å². The highest BCUT2D eigenvalue weighted by molar-refractivity contribution is 6.30. The Hall–Kier alpha value is -3.05. The lowest BCUT2D eigenvalue weighted by Crippen LogP contribution is -2.08. The van der Waals surface area contributed by atoms with E-state index >= 15 is 0 Å². The first kappa shape index (κ1) is 17.4. The lowest BCUT2D eigenvalue weighted by atomic mass is 10.2. The van der Waals surface area contributed by atoms with Gasteiger partial charge in [-0.3, -0.25) is 9.36 Å². The van der Waals surface area contributed by atoms with Crippen molar-refractivity contribution in [2.24, 2.45) is 0 Å². The third-order valence-electron chi connectivity index (χ3n) is 4.19. The average Bonchev–Trinajstić information content (AvgIpc) is 3.34. The quantitative estimate of drug-likeness (QED) is 0.474. The summed E-state index contributed by atoms with van der Waals surface area (Å²) in [5.74, 6) is 0.800. The van der Waals surface area contributed by atoms with Gasteiger partial charge in [-0.05, 0) is 29.8 Å². The molecule has 0 spiro atoms. The predicted octanol–water partition coefficient (Wildman–Crippen LogP) is 4.53. The highest BCUT2D eigenvalue weighted by Gasteiger charge is 2.06. The summed E-state index contributed by atoms with van der Waals surface area (Å²) in [5, 5.41) is 9.56. The molecule has 0 N–H and O–H groups in total. The summed E-state index contributed by atoms with van der Waals surface area (Å²) < 4.78 is 9.53. The maximum Gasteiger partial charge on any atom is 0.119 e. The van der Waals surface area contributed by atoms with E-state index < -0.39 is 0 Å². The molecule has 136 valence electrons. The molecule has 27 heavy (non-hydrogen) atoms. The van der Waals surface area contributed by atoms with Crippen LogP contribution >= 0.6 is 11.6 Å². The van der Waals surface area contributed by atoms with Gasteiger partial charge >= 0.3 is 0 Å². The van der Waals surface area contributed by atoms with E-state index in [4.69, 9.17) is 16.3 Å². The van der Waals surface area contributed by atoms with Gasteiger partial charge in [0.05, 0.1) is 25.5 Å². The summed E-state index contributed by atoms with van der Waals surface area (Å²) >= 11 is 5.87. The molecule has 0 saturated carbocycles. The number of hydrogen-bond donors (Lipinski definition) is 0. The molecular formula is C21H19ClN4O. The summed E-state index contributed by atoms with van der Waals surface area (Å²) in [6.07, 6.45) is 7.77. The van der Waals surface area contributed by atoms with Crippen molar-refractivity contribution in [1.82, 2.24) is 19.6 Å². The van der Waals surface area contributed by atoms with Crippen molar-refractivity contribution >= 4 is 11.6 Å². The van der Waals surface area contributed by atoms with Gasteiger partial charge in [-0.2, -0.15) is 10.2 Å². The zero-order chi connectivity index (χ0) is 18.5. The van der Waals surface area contributed by atoms with Gasteiger partial charge < -0.3 is 4.74 Å². The van der Waals surface area contributed by atoms with Crippen LogP contribution in [0.1, 0.15) is 5.56 Å². The van der Waals surface area contributed by atoms with E-state index in [0.29, 0.717) is 18.2 Å². The number of halogens is 1. The van der Waals surface area contributed by atoms with Crippen LogP contribution in [-0.2, 0) is 13.1 Å². The molecule has 2 heterocycles. The molecule has 0 aliphatic rings. The van der Waals surface area contributed by atoms with Crippen molar-refractivity contribution in [1.29, 1.82) is 0 Å². The van der Waals surface area contributed by atoms with Crippen molar-refractivity contribution in [3.63, 3.8) is 0 Å². The number of hydrogen-bond acceptors (Lipinski definition) is 3. The monoisotopic (exact) mass is 378 g/mol. The fraction of sp³-hybridized carbons (Fsp3) is 0.143. The van der Waals surface area contributed by atoms with E-state index in [9.17, 15) is 0 Å². The SMILES string of the molecule is Clc1ccc(OCCn2cc(-c3cnn(Cc4ccccc4)c3)cn2)cc1. The second-order valence-corrected chi connectivity index (χ2v) is 6.64. The van der Waals surface area contributed by atoms with Gasteiger partial charge in [0, 0.05) is 28.5 Å². The van der Waals surface area contributed by atoms with E-state index in [1.165, 1.54) is 5.56 Å². The van der Waals surface area contributed by atoms with Crippen LogP contribution in [0.15, 0.2) is 79.4 Å². The zero-order valence-electron chi connectivity index (χ0n) is 14.7. The van der Waals surface area contributed by atoms with Crippen LogP contribution in [0.2, 0.25) is 5.02 Å². The van der Waals surface area contributed by atoms with Crippen molar-refractivity contribution in [2.45, 2.75) is 13.1 Å². The van der Waals surface area contributed by atoms with Gasteiger partial charge in [0.15, 0.2) is 0 Å². The average molecular weight is 379 g/mol. The number of benzene rings is 2. The highest BCUT2D eigenvalue weighted by Crippen LogP contribution is 2.19. The van der Waals surface area contributed by atoms with Gasteiger partial charge in [-0.1, -0.05) is 41.9 Å². The first-order chi connectivity index (χ1) is 13.3. The maximum absolute atomic E-state index is 5.87. The van der Waals surface area contributed by atoms with Crippen LogP contribution in [-0.4, -0.2) is 26.2 Å². The molecule has 2 aromatic carbocycles. The Morgan fingerprint density at radius 3 is 2.22 bits per heavy atom. The van der Waals surface area contributed by atoms with E-state index in [1.807, 2.05) is 76.6 Å². The lowest BCUT2D eigenvalue weighted by Gasteiger charge is -2.06. The molecule has 0 atom stereocenters. The second-order valence-electron chi connectivity index (χ2n) is 6.21. The lowest BCUT2D eigenvalue weighted by molar-refractivity contribution is 0.291. The van der Waals surface area contributed by atoms with E-state index in [0.717, 1.165) is 23.4 Å². The molecule has 4 rings (SSSR count). The van der Waals surface area contributed by atoms with Crippen LogP contribution in [0, 0.1) is 0 Å². The van der Waals surface area contributed by atoms with Crippen LogP contribution in [0.3, 0.4) is 0 Å². The Bertz CT molecular complexity index is 992. The molecule has 6 heteroatoms. The smallest absolute Gasteiger partial charge is 0.119 e. The van der Waals surface area contributed by atoms with Crippen LogP contribution < -0.4 is 4.74 Å². The summed E-state index contributed by atoms with van der Waals surface area (Å²) in [6.45, 7) is 1.96. The topological polar surface area (TPSA) is 44.9 Å². The molecule has 4 aromatic rings. The van der Waals surface area contributed by atoms with Gasteiger partial charge in [0.2, 0.25) is 0 Å².